The van der Waals surface area contributed by atoms with Gasteiger partial charge in [-0.05, 0) is 66.5 Å². The Hall–Kier alpha value is -2.77. The fourth-order valence-corrected chi connectivity index (χ4v) is 3.97. The molecule has 3 rings (SSSR count). The minimum Gasteiger partial charge on any atom is -0.444 e. The number of imide groups is 1. The number of nitrogens with zero attached hydrogens (tertiary/aromatic N) is 3. The summed E-state index contributed by atoms with van der Waals surface area (Å²) < 4.78 is 11.0. The summed E-state index contributed by atoms with van der Waals surface area (Å²) >= 11 is 0. The van der Waals surface area contributed by atoms with Crippen molar-refractivity contribution in [3.8, 4) is 0 Å². The number of hydrogen-bond acceptors (Lipinski definition) is 6. The van der Waals surface area contributed by atoms with Crippen molar-refractivity contribution >= 4 is 23.8 Å². The lowest BCUT2D eigenvalue weighted by molar-refractivity contribution is -0.132. The maximum Gasteiger partial charge on any atom is 0.418 e. The molecule has 2 heterocycles. The lowest BCUT2D eigenvalue weighted by Gasteiger charge is -2.43. The predicted molar refractivity (Wildman–Crippen MR) is 117 cm³/mol. The number of amides is 3. The predicted octanol–water partition coefficient (Wildman–Crippen LogP) is 4.00. The van der Waals surface area contributed by atoms with Gasteiger partial charge in [0.15, 0.2) is 0 Å². The van der Waals surface area contributed by atoms with Crippen molar-refractivity contribution in [3.63, 3.8) is 0 Å². The molecule has 170 valence electrons. The zero-order chi connectivity index (χ0) is 23.0. The summed E-state index contributed by atoms with van der Waals surface area (Å²) in [5.41, 5.74) is -1.34. The molecule has 0 aromatic heterocycles. The molecule has 3 amide bonds. The fourth-order valence-electron chi connectivity index (χ4n) is 3.97. The van der Waals surface area contributed by atoms with E-state index in [0.717, 1.165) is 5.69 Å². The highest BCUT2D eigenvalue weighted by atomic mass is 16.6. The van der Waals surface area contributed by atoms with Crippen molar-refractivity contribution in [3.05, 3.63) is 30.3 Å². The van der Waals surface area contributed by atoms with Crippen molar-refractivity contribution < 1.29 is 23.9 Å². The van der Waals surface area contributed by atoms with Crippen LogP contribution in [0.1, 0.15) is 54.4 Å². The van der Waals surface area contributed by atoms with E-state index in [4.69, 9.17) is 9.47 Å². The van der Waals surface area contributed by atoms with Crippen molar-refractivity contribution in [2.75, 3.05) is 24.7 Å². The standard InChI is InChI=1S/C23H33N3O5/c1-21(2,3)30-19(28)24-14-12-23(13-15-24)18(27)25(20(29)31-22(4,5)6)16-26(23)17-10-8-7-9-11-17/h7-11H,12-16H2,1-6H3. The van der Waals surface area contributed by atoms with E-state index in [1.165, 1.54) is 4.90 Å². The van der Waals surface area contributed by atoms with Crippen molar-refractivity contribution in [1.29, 1.82) is 0 Å². The number of anilines is 1. The molecule has 1 spiro atoms. The van der Waals surface area contributed by atoms with E-state index in [-0.39, 0.29) is 18.7 Å². The molecule has 0 bridgehead atoms. The van der Waals surface area contributed by atoms with Gasteiger partial charge in [-0.25, -0.2) is 14.5 Å². The quantitative estimate of drug-likeness (QED) is 0.669. The SMILES string of the molecule is CC(C)(C)OC(=O)N1CCC2(CC1)C(=O)N(C(=O)OC(C)(C)C)CN2c1ccccc1. The zero-order valence-corrected chi connectivity index (χ0v) is 19.3. The summed E-state index contributed by atoms with van der Waals surface area (Å²) in [6.45, 7) is 11.6. The van der Waals surface area contributed by atoms with Gasteiger partial charge in [-0.15, -0.1) is 0 Å². The smallest absolute Gasteiger partial charge is 0.418 e. The van der Waals surface area contributed by atoms with E-state index in [1.807, 2.05) is 56.0 Å². The molecule has 8 heteroatoms. The minimum atomic E-state index is -0.906. The van der Waals surface area contributed by atoms with Crippen LogP contribution < -0.4 is 4.90 Å². The molecule has 0 radical (unpaired) electrons. The molecule has 0 N–H and O–H groups in total. The van der Waals surface area contributed by atoms with Gasteiger partial charge in [0.05, 0.1) is 0 Å². The second kappa shape index (κ2) is 8.05. The Morgan fingerprint density at radius 2 is 1.39 bits per heavy atom. The lowest BCUT2D eigenvalue weighted by Crippen LogP contribution is -2.58. The Morgan fingerprint density at radius 3 is 1.90 bits per heavy atom. The van der Waals surface area contributed by atoms with Crippen LogP contribution in [0.15, 0.2) is 30.3 Å². The third-order valence-corrected chi connectivity index (χ3v) is 5.37. The first kappa shape index (κ1) is 22.9. The average Bonchev–Trinajstić information content (AvgIpc) is 2.93. The number of para-hydroxylation sites is 1. The van der Waals surface area contributed by atoms with E-state index in [0.29, 0.717) is 25.9 Å². The number of piperidine rings is 1. The van der Waals surface area contributed by atoms with E-state index < -0.39 is 22.8 Å². The minimum absolute atomic E-state index is 0.115. The van der Waals surface area contributed by atoms with Crippen LogP contribution in [0, 0.1) is 0 Å². The summed E-state index contributed by atoms with van der Waals surface area (Å²) in [5.74, 6) is -0.283. The molecular formula is C23H33N3O5. The molecule has 2 fully saturated rings. The second-order valence-electron chi connectivity index (χ2n) is 10.1. The number of rotatable bonds is 1. The second-order valence-corrected chi connectivity index (χ2v) is 10.1. The van der Waals surface area contributed by atoms with Gasteiger partial charge < -0.3 is 19.3 Å². The molecule has 0 aliphatic carbocycles. The third-order valence-electron chi connectivity index (χ3n) is 5.37. The van der Waals surface area contributed by atoms with Gasteiger partial charge in [0.2, 0.25) is 0 Å². The first-order chi connectivity index (χ1) is 14.3. The van der Waals surface area contributed by atoms with E-state index in [2.05, 4.69) is 0 Å². The molecule has 1 aromatic carbocycles. The van der Waals surface area contributed by atoms with Crippen molar-refractivity contribution in [1.82, 2.24) is 9.80 Å². The van der Waals surface area contributed by atoms with Gasteiger partial charge >= 0.3 is 12.2 Å². The van der Waals surface area contributed by atoms with Gasteiger partial charge in [0.1, 0.15) is 23.4 Å². The van der Waals surface area contributed by atoms with Crippen molar-refractivity contribution in [2.45, 2.75) is 71.1 Å². The van der Waals surface area contributed by atoms with E-state index in [1.54, 1.807) is 25.7 Å². The van der Waals surface area contributed by atoms with Gasteiger partial charge in [0, 0.05) is 18.8 Å². The molecule has 2 aliphatic rings. The Bertz CT molecular complexity index is 833. The molecule has 2 saturated heterocycles. The topological polar surface area (TPSA) is 79.4 Å². The molecular weight excluding hydrogens is 398 g/mol. The normalized spacial score (nSPS) is 19.0. The largest absolute Gasteiger partial charge is 0.444 e. The molecule has 0 unspecified atom stereocenters. The molecule has 31 heavy (non-hydrogen) atoms. The number of ether oxygens (including phenoxy) is 2. The number of likely N-dealkylation sites (tertiary alicyclic amines) is 1. The monoisotopic (exact) mass is 431 g/mol. The number of carbonyl (C=O) groups is 3. The highest BCUT2D eigenvalue weighted by molar-refractivity contribution is 6.03. The van der Waals surface area contributed by atoms with Gasteiger partial charge in [-0.2, -0.15) is 0 Å². The summed E-state index contributed by atoms with van der Waals surface area (Å²) in [4.78, 5) is 43.6. The zero-order valence-electron chi connectivity index (χ0n) is 19.3. The third kappa shape index (κ3) is 4.94. The van der Waals surface area contributed by atoms with Crippen LogP contribution in [0.4, 0.5) is 15.3 Å². The maximum atomic E-state index is 13.5. The summed E-state index contributed by atoms with van der Waals surface area (Å²) in [6.07, 6.45) is -0.230. The lowest BCUT2D eigenvalue weighted by atomic mass is 9.85. The Kier molecular flexibility index (Phi) is 5.95. The fraction of sp³-hybridized carbons (Fsp3) is 0.609. The summed E-state index contributed by atoms with van der Waals surface area (Å²) in [6, 6.07) is 9.56. The van der Waals surface area contributed by atoms with Crippen LogP contribution in [0.5, 0.6) is 0 Å². The number of hydrogen-bond donors (Lipinski definition) is 0. The summed E-state index contributed by atoms with van der Waals surface area (Å²) in [5, 5.41) is 0. The van der Waals surface area contributed by atoms with E-state index in [9.17, 15) is 14.4 Å². The van der Waals surface area contributed by atoms with Crippen LogP contribution in [-0.2, 0) is 14.3 Å². The molecule has 2 aliphatic heterocycles. The average molecular weight is 432 g/mol. The maximum absolute atomic E-state index is 13.5. The van der Waals surface area contributed by atoms with Crippen LogP contribution in [0.2, 0.25) is 0 Å². The van der Waals surface area contributed by atoms with Gasteiger partial charge in [-0.3, -0.25) is 4.79 Å². The van der Waals surface area contributed by atoms with Crippen LogP contribution >= 0.6 is 0 Å². The Labute approximate surface area is 184 Å². The van der Waals surface area contributed by atoms with Gasteiger partial charge in [0.25, 0.3) is 5.91 Å². The van der Waals surface area contributed by atoms with Crippen LogP contribution in [0.3, 0.4) is 0 Å². The Morgan fingerprint density at radius 1 is 0.871 bits per heavy atom. The van der Waals surface area contributed by atoms with Crippen LogP contribution in [-0.4, -0.2) is 64.4 Å². The highest BCUT2D eigenvalue weighted by Gasteiger charge is 2.56. The highest BCUT2D eigenvalue weighted by Crippen LogP contribution is 2.40. The first-order valence-electron chi connectivity index (χ1n) is 10.7. The molecule has 0 saturated carbocycles. The molecule has 1 aromatic rings. The van der Waals surface area contributed by atoms with Gasteiger partial charge in [-0.1, -0.05) is 18.2 Å². The number of benzene rings is 1. The van der Waals surface area contributed by atoms with E-state index >= 15 is 0 Å². The molecule has 0 atom stereocenters. The Balaban J connectivity index is 1.85. The number of carbonyl (C=O) groups excluding carboxylic acids is 3. The summed E-state index contributed by atoms with van der Waals surface area (Å²) in [7, 11) is 0. The van der Waals surface area contributed by atoms with Crippen molar-refractivity contribution in [2.24, 2.45) is 0 Å². The van der Waals surface area contributed by atoms with Crippen LogP contribution in [0.25, 0.3) is 0 Å². The first-order valence-corrected chi connectivity index (χ1v) is 10.7. The molecule has 8 nitrogen and oxygen atoms in total.